The van der Waals surface area contributed by atoms with Crippen LogP contribution in [0.2, 0.25) is 0 Å². The van der Waals surface area contributed by atoms with E-state index in [2.05, 4.69) is 5.32 Å². The second-order valence-corrected chi connectivity index (χ2v) is 9.24. The minimum Gasteiger partial charge on any atom is -0.493 e. The molecule has 0 radical (unpaired) electrons. The zero-order chi connectivity index (χ0) is 24.0. The van der Waals surface area contributed by atoms with Crippen LogP contribution in [0.4, 0.5) is 4.79 Å². The van der Waals surface area contributed by atoms with Crippen LogP contribution in [-0.2, 0) is 27.1 Å². The Bertz CT molecular complexity index is 953. The minimum absolute atomic E-state index is 0.210. The molecule has 7 heteroatoms. The Kier molecular flexibility index (Phi) is 7.84. The molecule has 0 bridgehead atoms. The molecule has 7 nitrogen and oxygen atoms in total. The first-order valence-electron chi connectivity index (χ1n) is 11.1. The van der Waals surface area contributed by atoms with Gasteiger partial charge >= 0.3 is 12.1 Å². The number of hydrogen-bond acceptors (Lipinski definition) is 6. The van der Waals surface area contributed by atoms with E-state index in [1.165, 1.54) is 0 Å². The van der Waals surface area contributed by atoms with Crippen LogP contribution in [0.3, 0.4) is 0 Å². The van der Waals surface area contributed by atoms with Gasteiger partial charge < -0.3 is 24.3 Å². The van der Waals surface area contributed by atoms with Gasteiger partial charge in [-0.2, -0.15) is 0 Å². The van der Waals surface area contributed by atoms with Gasteiger partial charge in [-0.1, -0.05) is 36.4 Å². The molecular formula is C26H33NO6. The van der Waals surface area contributed by atoms with E-state index in [1.807, 2.05) is 69.3 Å². The summed E-state index contributed by atoms with van der Waals surface area (Å²) in [6.07, 6.45) is 0.516. The average Bonchev–Trinajstić information content (AvgIpc) is 3.12. The molecular weight excluding hydrogens is 422 g/mol. The van der Waals surface area contributed by atoms with Crippen LogP contribution in [0.1, 0.15) is 31.9 Å². The largest absolute Gasteiger partial charge is 0.493 e. The smallest absolute Gasteiger partial charge is 0.407 e. The Labute approximate surface area is 195 Å². The molecule has 1 aliphatic rings. The highest BCUT2D eigenvalue weighted by Crippen LogP contribution is 2.33. The Morgan fingerprint density at radius 3 is 2.39 bits per heavy atom. The number of amides is 1. The summed E-state index contributed by atoms with van der Waals surface area (Å²) in [7, 11) is 3.16. The number of alkyl carbamates (subject to hydrolysis) is 1. The molecule has 1 fully saturated rings. The molecule has 33 heavy (non-hydrogen) atoms. The van der Waals surface area contributed by atoms with Gasteiger partial charge in [-0.25, -0.2) is 4.79 Å². The topological polar surface area (TPSA) is 83.1 Å². The lowest BCUT2D eigenvalue weighted by Gasteiger charge is -2.29. The first kappa shape index (κ1) is 24.4. The third-order valence-electron chi connectivity index (χ3n) is 5.66. The first-order chi connectivity index (χ1) is 15.7. The summed E-state index contributed by atoms with van der Waals surface area (Å²) in [4.78, 5) is 25.3. The van der Waals surface area contributed by atoms with Gasteiger partial charge in [-0.05, 0) is 56.9 Å². The number of benzene rings is 2. The van der Waals surface area contributed by atoms with Crippen LogP contribution in [0.15, 0.2) is 48.5 Å². The fourth-order valence-electron chi connectivity index (χ4n) is 4.11. The first-order valence-corrected chi connectivity index (χ1v) is 11.1. The van der Waals surface area contributed by atoms with Gasteiger partial charge in [0.2, 0.25) is 0 Å². The zero-order valence-corrected chi connectivity index (χ0v) is 19.9. The maximum atomic E-state index is 12.7. The van der Waals surface area contributed by atoms with Crippen LogP contribution in [0.5, 0.6) is 11.5 Å². The molecule has 1 heterocycles. The molecule has 0 spiro atoms. The number of carbonyl (C=O) groups is 2. The van der Waals surface area contributed by atoms with E-state index in [1.54, 1.807) is 14.2 Å². The van der Waals surface area contributed by atoms with Crippen molar-refractivity contribution in [2.75, 3.05) is 20.8 Å². The van der Waals surface area contributed by atoms with Crippen LogP contribution in [0, 0.1) is 11.8 Å². The molecule has 1 saturated heterocycles. The summed E-state index contributed by atoms with van der Waals surface area (Å²) in [6.45, 7) is 5.70. The van der Waals surface area contributed by atoms with Crippen LogP contribution in [0.25, 0.3) is 0 Å². The van der Waals surface area contributed by atoms with Gasteiger partial charge in [-0.3, -0.25) is 4.79 Å². The molecule has 1 amide bonds. The number of esters is 1. The third kappa shape index (κ3) is 6.63. The highest BCUT2D eigenvalue weighted by Gasteiger charge is 2.42. The van der Waals surface area contributed by atoms with Crippen molar-refractivity contribution in [2.45, 2.75) is 45.3 Å². The SMILES string of the molecule is COc1ccc(C[C@H]2C(=O)OCC2[C@H](Cc2ccccc2)NC(=O)OC(C)(C)C)cc1OC. The summed E-state index contributed by atoms with van der Waals surface area (Å²) in [6, 6.07) is 15.1. The fraction of sp³-hybridized carbons (Fsp3) is 0.462. The van der Waals surface area contributed by atoms with Crippen LogP contribution >= 0.6 is 0 Å². The van der Waals surface area contributed by atoms with Crippen molar-refractivity contribution in [3.05, 3.63) is 59.7 Å². The number of methoxy groups -OCH3 is 2. The minimum atomic E-state index is -0.623. The highest BCUT2D eigenvalue weighted by atomic mass is 16.6. The standard InChI is InChI=1S/C26H33NO6/c1-26(2,3)33-25(29)27-21(14-17-9-7-6-8-10-17)20-16-32-24(28)19(20)13-18-11-12-22(30-4)23(15-18)31-5/h6-12,15,19-21H,13-14,16H2,1-5H3,(H,27,29)/t19-,20?,21+/m1/s1. The van der Waals surface area contributed by atoms with Gasteiger partial charge in [-0.15, -0.1) is 0 Å². The van der Waals surface area contributed by atoms with Gasteiger partial charge in [0, 0.05) is 12.0 Å². The lowest BCUT2D eigenvalue weighted by molar-refractivity contribution is -0.141. The number of nitrogens with one attached hydrogen (secondary N) is 1. The van der Waals surface area contributed by atoms with E-state index in [9.17, 15) is 9.59 Å². The van der Waals surface area contributed by atoms with Crippen molar-refractivity contribution < 1.29 is 28.5 Å². The van der Waals surface area contributed by atoms with Crippen molar-refractivity contribution in [3.8, 4) is 11.5 Å². The second kappa shape index (κ2) is 10.6. The Morgan fingerprint density at radius 1 is 1.06 bits per heavy atom. The van der Waals surface area contributed by atoms with E-state index in [0.717, 1.165) is 11.1 Å². The Hall–Kier alpha value is -3.22. The predicted molar refractivity (Wildman–Crippen MR) is 124 cm³/mol. The van der Waals surface area contributed by atoms with Crippen LogP contribution < -0.4 is 14.8 Å². The summed E-state index contributed by atoms with van der Waals surface area (Å²) in [5.41, 5.74) is 1.36. The van der Waals surface area contributed by atoms with Crippen molar-refractivity contribution in [1.82, 2.24) is 5.32 Å². The monoisotopic (exact) mass is 455 g/mol. The zero-order valence-electron chi connectivity index (χ0n) is 19.9. The average molecular weight is 456 g/mol. The van der Waals surface area contributed by atoms with Gasteiger partial charge in [0.15, 0.2) is 11.5 Å². The molecule has 0 aliphatic carbocycles. The van der Waals surface area contributed by atoms with Crippen molar-refractivity contribution in [1.29, 1.82) is 0 Å². The molecule has 178 valence electrons. The molecule has 3 atom stereocenters. The molecule has 1 N–H and O–H groups in total. The third-order valence-corrected chi connectivity index (χ3v) is 5.66. The number of hydrogen-bond donors (Lipinski definition) is 1. The lowest BCUT2D eigenvalue weighted by Crippen LogP contribution is -2.46. The summed E-state index contributed by atoms with van der Waals surface area (Å²) >= 11 is 0. The molecule has 2 aromatic carbocycles. The van der Waals surface area contributed by atoms with Crippen molar-refractivity contribution >= 4 is 12.1 Å². The summed E-state index contributed by atoms with van der Waals surface area (Å²) in [5.74, 6) is 0.342. The van der Waals surface area contributed by atoms with Crippen LogP contribution in [-0.4, -0.2) is 44.5 Å². The van der Waals surface area contributed by atoms with E-state index in [-0.39, 0.29) is 24.5 Å². The molecule has 0 saturated carbocycles. The molecule has 1 aliphatic heterocycles. The Balaban J connectivity index is 1.84. The number of cyclic esters (lactones) is 1. The summed E-state index contributed by atoms with van der Waals surface area (Å²) < 4.78 is 21.7. The number of rotatable bonds is 8. The van der Waals surface area contributed by atoms with E-state index < -0.39 is 17.6 Å². The highest BCUT2D eigenvalue weighted by molar-refractivity contribution is 5.76. The number of ether oxygens (including phenoxy) is 4. The molecule has 2 aromatic rings. The summed E-state index contributed by atoms with van der Waals surface area (Å²) in [5, 5.41) is 3.00. The maximum Gasteiger partial charge on any atom is 0.407 e. The van der Waals surface area contributed by atoms with E-state index in [4.69, 9.17) is 18.9 Å². The normalized spacial score (nSPS) is 18.9. The molecule has 1 unspecified atom stereocenters. The Morgan fingerprint density at radius 2 is 1.76 bits per heavy atom. The van der Waals surface area contributed by atoms with Gasteiger partial charge in [0.25, 0.3) is 0 Å². The van der Waals surface area contributed by atoms with Gasteiger partial charge in [0.05, 0.1) is 26.7 Å². The predicted octanol–water partition coefficient (Wildman–Crippen LogP) is 4.17. The lowest BCUT2D eigenvalue weighted by atomic mass is 9.82. The van der Waals surface area contributed by atoms with Crippen molar-refractivity contribution in [2.24, 2.45) is 11.8 Å². The molecule has 0 aromatic heterocycles. The van der Waals surface area contributed by atoms with E-state index in [0.29, 0.717) is 24.3 Å². The molecule has 3 rings (SSSR count). The van der Waals surface area contributed by atoms with E-state index >= 15 is 0 Å². The second-order valence-electron chi connectivity index (χ2n) is 9.24. The quantitative estimate of drug-likeness (QED) is 0.602. The fourth-order valence-corrected chi connectivity index (χ4v) is 4.11. The van der Waals surface area contributed by atoms with Gasteiger partial charge in [0.1, 0.15) is 5.60 Å². The number of carbonyl (C=O) groups excluding carboxylic acids is 2. The maximum absolute atomic E-state index is 12.7. The van der Waals surface area contributed by atoms with Crippen molar-refractivity contribution in [3.63, 3.8) is 0 Å².